The summed E-state index contributed by atoms with van der Waals surface area (Å²) in [6.45, 7) is 9.17. The molecule has 1 atom stereocenters. The molecule has 0 aromatic heterocycles. The average Bonchev–Trinajstić information content (AvgIpc) is 1.99. The first-order valence-electron chi connectivity index (χ1n) is 4.20. The molecule has 12 heavy (non-hydrogen) atoms. The first-order chi connectivity index (χ1) is 5.58. The molecule has 1 aliphatic heterocycles. The van der Waals surface area contributed by atoms with Crippen molar-refractivity contribution in [1.29, 1.82) is 0 Å². The zero-order valence-electron chi connectivity index (χ0n) is 7.68. The fourth-order valence-corrected chi connectivity index (χ4v) is 1.33. The van der Waals surface area contributed by atoms with Gasteiger partial charge in [0.1, 0.15) is 0 Å². The van der Waals surface area contributed by atoms with Gasteiger partial charge in [-0.25, -0.2) is 0 Å². The van der Waals surface area contributed by atoms with Crippen LogP contribution in [-0.4, -0.2) is 25.0 Å². The highest BCUT2D eigenvalue weighted by molar-refractivity contribution is 5.83. The van der Waals surface area contributed by atoms with Gasteiger partial charge in [-0.1, -0.05) is 19.9 Å². The second kappa shape index (κ2) is 3.27. The van der Waals surface area contributed by atoms with E-state index >= 15 is 0 Å². The van der Waals surface area contributed by atoms with Crippen molar-refractivity contribution in [1.82, 2.24) is 10.6 Å². The van der Waals surface area contributed by atoms with Gasteiger partial charge in [0.05, 0.1) is 6.04 Å². The Morgan fingerprint density at radius 2 is 2.50 bits per heavy atom. The first-order valence-corrected chi connectivity index (χ1v) is 4.20. The lowest BCUT2D eigenvalue weighted by atomic mass is 9.77. The molecule has 68 valence electrons. The highest BCUT2D eigenvalue weighted by Gasteiger charge is 2.42. The summed E-state index contributed by atoms with van der Waals surface area (Å²) in [5.41, 5.74) is 0.102. The quantitative estimate of drug-likeness (QED) is 0.595. The van der Waals surface area contributed by atoms with E-state index in [1.807, 2.05) is 0 Å². The molecule has 3 heteroatoms. The molecule has 1 amide bonds. The van der Waals surface area contributed by atoms with E-state index in [1.54, 1.807) is 6.08 Å². The van der Waals surface area contributed by atoms with Gasteiger partial charge >= 0.3 is 0 Å². The van der Waals surface area contributed by atoms with E-state index in [2.05, 4.69) is 31.1 Å². The number of hydrogen-bond acceptors (Lipinski definition) is 2. The van der Waals surface area contributed by atoms with Crippen molar-refractivity contribution < 1.29 is 4.79 Å². The molecular weight excluding hydrogens is 152 g/mol. The molecular formula is C9H16N2O. The maximum atomic E-state index is 11.4. The van der Waals surface area contributed by atoms with Gasteiger partial charge in [-0.3, -0.25) is 4.79 Å². The molecule has 0 radical (unpaired) electrons. The summed E-state index contributed by atoms with van der Waals surface area (Å²) < 4.78 is 0. The summed E-state index contributed by atoms with van der Waals surface area (Å²) in [5, 5.41) is 5.87. The van der Waals surface area contributed by atoms with Gasteiger partial charge in [-0.05, 0) is 0 Å². The van der Waals surface area contributed by atoms with Crippen molar-refractivity contribution in [3.05, 3.63) is 12.7 Å². The van der Waals surface area contributed by atoms with E-state index < -0.39 is 0 Å². The second-order valence-corrected chi connectivity index (χ2v) is 3.84. The van der Waals surface area contributed by atoms with Crippen LogP contribution in [0.3, 0.4) is 0 Å². The lowest BCUT2D eigenvalue weighted by molar-refractivity contribution is -0.129. The topological polar surface area (TPSA) is 41.1 Å². The molecule has 0 bridgehead atoms. The zero-order chi connectivity index (χ0) is 9.19. The van der Waals surface area contributed by atoms with Crippen molar-refractivity contribution in [2.45, 2.75) is 19.9 Å². The molecule has 0 aromatic rings. The number of hydrogen-bond donors (Lipinski definition) is 2. The monoisotopic (exact) mass is 168 g/mol. The standard InChI is InChI=1S/C9H16N2O/c1-4-5-10-8(12)7-9(2,3)6-11-7/h4,7,11H,1,5-6H2,2-3H3,(H,10,12). The van der Waals surface area contributed by atoms with E-state index in [9.17, 15) is 4.79 Å². The summed E-state index contributed by atoms with van der Waals surface area (Å²) in [7, 11) is 0. The van der Waals surface area contributed by atoms with Crippen LogP contribution in [0.25, 0.3) is 0 Å². The molecule has 1 heterocycles. The maximum absolute atomic E-state index is 11.4. The van der Waals surface area contributed by atoms with Gasteiger partial charge in [-0.15, -0.1) is 6.58 Å². The SMILES string of the molecule is C=CCNC(=O)C1NCC1(C)C. The Bertz CT molecular complexity index is 199. The van der Waals surface area contributed by atoms with E-state index in [0.29, 0.717) is 6.54 Å². The smallest absolute Gasteiger partial charge is 0.237 e. The zero-order valence-corrected chi connectivity index (χ0v) is 7.68. The third-order valence-electron chi connectivity index (χ3n) is 2.23. The Balaban J connectivity index is 2.38. The van der Waals surface area contributed by atoms with Crippen molar-refractivity contribution in [3.63, 3.8) is 0 Å². The number of carbonyl (C=O) groups excluding carboxylic acids is 1. The van der Waals surface area contributed by atoms with Crippen LogP contribution < -0.4 is 10.6 Å². The molecule has 0 aliphatic carbocycles. The van der Waals surface area contributed by atoms with Gasteiger partial charge in [0.2, 0.25) is 5.91 Å². The molecule has 2 N–H and O–H groups in total. The van der Waals surface area contributed by atoms with Crippen molar-refractivity contribution >= 4 is 5.91 Å². The largest absolute Gasteiger partial charge is 0.351 e. The molecule has 0 spiro atoms. The van der Waals surface area contributed by atoms with Crippen LogP contribution in [0.1, 0.15) is 13.8 Å². The highest BCUT2D eigenvalue weighted by Crippen LogP contribution is 2.27. The van der Waals surface area contributed by atoms with Gasteiger partial charge in [0.15, 0.2) is 0 Å². The first kappa shape index (κ1) is 9.26. The summed E-state index contributed by atoms with van der Waals surface area (Å²) in [5.74, 6) is 0.0751. The molecule has 3 nitrogen and oxygen atoms in total. The molecule has 1 rings (SSSR count). The van der Waals surface area contributed by atoms with E-state index in [0.717, 1.165) is 6.54 Å². The Hall–Kier alpha value is -0.830. The Morgan fingerprint density at radius 3 is 2.83 bits per heavy atom. The van der Waals surface area contributed by atoms with Crippen molar-refractivity contribution in [3.8, 4) is 0 Å². The van der Waals surface area contributed by atoms with Crippen LogP contribution >= 0.6 is 0 Å². The summed E-state index contributed by atoms with van der Waals surface area (Å²) in [4.78, 5) is 11.4. The predicted octanol–water partition coefficient (Wildman–Crippen LogP) is 0.287. The summed E-state index contributed by atoms with van der Waals surface area (Å²) in [6.07, 6.45) is 1.68. The van der Waals surface area contributed by atoms with E-state index in [4.69, 9.17) is 0 Å². The number of rotatable bonds is 3. The minimum Gasteiger partial charge on any atom is -0.351 e. The van der Waals surface area contributed by atoms with Gasteiger partial charge in [0, 0.05) is 18.5 Å². The molecule has 1 fully saturated rings. The Kier molecular flexibility index (Phi) is 2.52. The van der Waals surface area contributed by atoms with E-state index in [-0.39, 0.29) is 17.4 Å². The van der Waals surface area contributed by atoms with Crippen molar-refractivity contribution in [2.75, 3.05) is 13.1 Å². The fourth-order valence-electron chi connectivity index (χ4n) is 1.33. The molecule has 0 aromatic carbocycles. The van der Waals surface area contributed by atoms with Crippen LogP contribution in [0.15, 0.2) is 12.7 Å². The maximum Gasteiger partial charge on any atom is 0.237 e. The van der Waals surface area contributed by atoms with Crippen LogP contribution in [0.2, 0.25) is 0 Å². The van der Waals surface area contributed by atoms with E-state index in [1.165, 1.54) is 0 Å². The van der Waals surface area contributed by atoms with Gasteiger partial charge in [0.25, 0.3) is 0 Å². The minimum atomic E-state index is -0.0301. The third kappa shape index (κ3) is 1.67. The Morgan fingerprint density at radius 1 is 1.83 bits per heavy atom. The molecule has 1 unspecified atom stereocenters. The normalized spacial score (nSPS) is 25.7. The predicted molar refractivity (Wildman–Crippen MR) is 48.8 cm³/mol. The minimum absolute atomic E-state index is 0.0301. The lowest BCUT2D eigenvalue weighted by Crippen LogP contribution is -2.65. The fraction of sp³-hybridized carbons (Fsp3) is 0.667. The number of carbonyl (C=O) groups is 1. The van der Waals surface area contributed by atoms with Gasteiger partial charge in [-0.2, -0.15) is 0 Å². The third-order valence-corrected chi connectivity index (χ3v) is 2.23. The van der Waals surface area contributed by atoms with Crippen LogP contribution in [0.4, 0.5) is 0 Å². The van der Waals surface area contributed by atoms with Crippen LogP contribution in [-0.2, 0) is 4.79 Å². The number of nitrogens with one attached hydrogen (secondary N) is 2. The Labute approximate surface area is 73.2 Å². The second-order valence-electron chi connectivity index (χ2n) is 3.84. The molecule has 1 aliphatic rings. The summed E-state index contributed by atoms with van der Waals surface area (Å²) in [6, 6.07) is -0.0301. The highest BCUT2D eigenvalue weighted by atomic mass is 16.2. The molecule has 1 saturated heterocycles. The lowest BCUT2D eigenvalue weighted by Gasteiger charge is -2.44. The molecule has 0 saturated carbocycles. The van der Waals surface area contributed by atoms with Gasteiger partial charge < -0.3 is 10.6 Å². The van der Waals surface area contributed by atoms with Crippen LogP contribution in [0.5, 0.6) is 0 Å². The van der Waals surface area contributed by atoms with Crippen LogP contribution in [0, 0.1) is 5.41 Å². The summed E-state index contributed by atoms with van der Waals surface area (Å²) >= 11 is 0. The van der Waals surface area contributed by atoms with Crippen molar-refractivity contribution in [2.24, 2.45) is 5.41 Å². The number of amides is 1. The average molecular weight is 168 g/mol.